The van der Waals surface area contributed by atoms with Crippen molar-refractivity contribution in [3.8, 4) is 11.3 Å². The molecule has 2 nitrogen and oxygen atoms in total. The molecule has 0 fully saturated rings. The molecule has 68 valence electrons. The number of fused-ring (bicyclic) bond motifs is 3. The summed E-state index contributed by atoms with van der Waals surface area (Å²) >= 11 is 0. The number of rotatable bonds is 0. The molecule has 0 atom stereocenters. The number of aromatic nitrogens is 2. The number of hydrogen-bond donors (Lipinski definition) is 0. The smallest absolute Gasteiger partial charge is 0.105 e. The SMILES string of the molecule is C1=Cc2cccc3c2C=1c1nccnc1-3. The summed E-state index contributed by atoms with van der Waals surface area (Å²) in [4.78, 5) is 8.77. The van der Waals surface area contributed by atoms with Crippen LogP contribution in [0.25, 0.3) is 22.9 Å². The van der Waals surface area contributed by atoms with Gasteiger partial charge in [0.15, 0.2) is 0 Å². The highest BCUT2D eigenvalue weighted by atomic mass is 14.8. The van der Waals surface area contributed by atoms with Crippen LogP contribution >= 0.6 is 0 Å². The average molecular weight is 190 g/mol. The van der Waals surface area contributed by atoms with Gasteiger partial charge in [-0.3, -0.25) is 9.97 Å². The van der Waals surface area contributed by atoms with Crippen LogP contribution in [-0.2, 0) is 0 Å². The van der Waals surface area contributed by atoms with Gasteiger partial charge in [-0.15, -0.1) is 5.73 Å². The zero-order chi connectivity index (χ0) is 9.83. The van der Waals surface area contributed by atoms with Gasteiger partial charge in [0.25, 0.3) is 0 Å². The minimum Gasteiger partial charge on any atom is -0.252 e. The summed E-state index contributed by atoms with van der Waals surface area (Å²) in [6.07, 6.45) is 5.49. The minimum atomic E-state index is 0.966. The number of nitrogens with zero attached hydrogens (tertiary/aromatic N) is 2. The van der Waals surface area contributed by atoms with Gasteiger partial charge in [0, 0.05) is 23.5 Å². The Balaban J connectivity index is 2.25. The Bertz CT molecular complexity index is 662. The van der Waals surface area contributed by atoms with Gasteiger partial charge in [0.1, 0.15) is 5.69 Å². The number of benzene rings is 1. The second kappa shape index (κ2) is 2.25. The van der Waals surface area contributed by atoms with Crippen molar-refractivity contribution in [2.45, 2.75) is 0 Å². The van der Waals surface area contributed by atoms with Crippen LogP contribution in [0.15, 0.2) is 36.3 Å². The third-order valence-electron chi connectivity index (χ3n) is 2.91. The molecule has 0 N–H and O–H groups in total. The highest BCUT2D eigenvalue weighted by Gasteiger charge is 2.29. The summed E-state index contributed by atoms with van der Waals surface area (Å²) in [5.74, 6) is 0. The van der Waals surface area contributed by atoms with Crippen LogP contribution in [0.4, 0.5) is 0 Å². The lowest BCUT2D eigenvalue weighted by molar-refractivity contribution is 1.19. The van der Waals surface area contributed by atoms with E-state index in [0.717, 1.165) is 17.0 Å². The number of hydrogen-bond acceptors (Lipinski definition) is 2. The van der Waals surface area contributed by atoms with E-state index in [1.807, 2.05) is 6.08 Å². The van der Waals surface area contributed by atoms with Crippen molar-refractivity contribution in [1.82, 2.24) is 9.97 Å². The average Bonchev–Trinajstić information content (AvgIpc) is 2.85. The molecule has 0 bridgehead atoms. The van der Waals surface area contributed by atoms with Gasteiger partial charge in [0.2, 0.25) is 0 Å². The molecule has 0 saturated heterocycles. The first-order chi connectivity index (χ1) is 7.45. The maximum absolute atomic E-state index is 4.39. The van der Waals surface area contributed by atoms with Crippen LogP contribution in [0, 0.1) is 0 Å². The molecule has 0 unspecified atom stereocenters. The first-order valence-electron chi connectivity index (χ1n) is 4.87. The summed E-state index contributed by atoms with van der Waals surface area (Å²) in [6, 6.07) is 6.25. The monoisotopic (exact) mass is 190 g/mol. The molecule has 1 heterocycles. The van der Waals surface area contributed by atoms with Gasteiger partial charge in [-0.05, 0) is 11.6 Å². The maximum atomic E-state index is 4.39. The third-order valence-corrected chi connectivity index (χ3v) is 2.91. The van der Waals surface area contributed by atoms with Crippen LogP contribution in [-0.4, -0.2) is 9.97 Å². The first-order valence-corrected chi connectivity index (χ1v) is 4.87. The molecule has 0 amide bonds. The van der Waals surface area contributed by atoms with Crippen LogP contribution in [0.5, 0.6) is 0 Å². The molecule has 0 spiro atoms. The summed E-state index contributed by atoms with van der Waals surface area (Å²) in [6.45, 7) is 0. The fourth-order valence-corrected chi connectivity index (χ4v) is 2.29. The van der Waals surface area contributed by atoms with Crippen molar-refractivity contribution in [2.75, 3.05) is 0 Å². The topological polar surface area (TPSA) is 25.8 Å². The summed E-state index contributed by atoms with van der Waals surface area (Å²) in [7, 11) is 0. The van der Waals surface area contributed by atoms with Crippen molar-refractivity contribution in [1.29, 1.82) is 0 Å². The van der Waals surface area contributed by atoms with Gasteiger partial charge in [-0.1, -0.05) is 18.2 Å². The second-order valence-electron chi connectivity index (χ2n) is 3.69. The Morgan fingerprint density at radius 1 is 1.00 bits per heavy atom. The van der Waals surface area contributed by atoms with Crippen molar-refractivity contribution in [2.24, 2.45) is 0 Å². The molecule has 2 aliphatic carbocycles. The summed E-state index contributed by atoms with van der Waals surface area (Å²) < 4.78 is 0. The molecular formula is C13H6N2. The maximum Gasteiger partial charge on any atom is 0.105 e. The lowest BCUT2D eigenvalue weighted by atomic mass is 10.0. The normalized spacial score (nSPS) is 13.7. The Labute approximate surface area is 86.6 Å². The standard InChI is InChI=1S/C13H6N2/c1-2-8-4-5-10-11(8)9(3-1)12-13(10)15-7-6-14-12/h1-4,6-7H. The quantitative estimate of drug-likeness (QED) is 0.398. The molecule has 1 aromatic heterocycles. The predicted octanol–water partition coefficient (Wildman–Crippen LogP) is 2.51. The Kier molecular flexibility index (Phi) is 1.07. The molecular weight excluding hydrogens is 184 g/mol. The summed E-state index contributed by atoms with van der Waals surface area (Å²) in [5, 5.41) is 0. The first kappa shape index (κ1) is 7.16. The lowest BCUT2D eigenvalue weighted by Gasteiger charge is -1.99. The van der Waals surface area contributed by atoms with Gasteiger partial charge in [0.05, 0.1) is 11.3 Å². The zero-order valence-electron chi connectivity index (χ0n) is 7.86. The Morgan fingerprint density at radius 3 is 2.80 bits per heavy atom. The molecule has 15 heavy (non-hydrogen) atoms. The van der Waals surface area contributed by atoms with Crippen molar-refractivity contribution in [3.63, 3.8) is 0 Å². The largest absolute Gasteiger partial charge is 0.252 e. The molecule has 2 heteroatoms. The van der Waals surface area contributed by atoms with Crippen LogP contribution in [0.3, 0.4) is 0 Å². The highest BCUT2D eigenvalue weighted by molar-refractivity contribution is 6.04. The molecule has 4 rings (SSSR count). The fourth-order valence-electron chi connectivity index (χ4n) is 2.29. The Morgan fingerprint density at radius 2 is 1.87 bits per heavy atom. The molecule has 2 aromatic rings. The van der Waals surface area contributed by atoms with Gasteiger partial charge >= 0.3 is 0 Å². The third kappa shape index (κ3) is 0.719. The summed E-state index contributed by atoms with van der Waals surface area (Å²) in [5.41, 5.74) is 9.99. The van der Waals surface area contributed by atoms with E-state index >= 15 is 0 Å². The molecule has 0 aliphatic heterocycles. The van der Waals surface area contributed by atoms with E-state index < -0.39 is 0 Å². The molecule has 1 aromatic carbocycles. The van der Waals surface area contributed by atoms with Gasteiger partial charge in [-0.25, -0.2) is 0 Å². The Hall–Kier alpha value is -2.18. The lowest BCUT2D eigenvalue weighted by Crippen LogP contribution is -1.86. The molecule has 0 saturated carbocycles. The van der Waals surface area contributed by atoms with Crippen molar-refractivity contribution >= 4 is 11.6 Å². The van der Waals surface area contributed by atoms with E-state index in [1.165, 1.54) is 16.7 Å². The van der Waals surface area contributed by atoms with E-state index in [0.29, 0.717) is 0 Å². The zero-order valence-corrected chi connectivity index (χ0v) is 7.86. The van der Waals surface area contributed by atoms with E-state index in [9.17, 15) is 0 Å². The molecule has 2 aliphatic rings. The van der Waals surface area contributed by atoms with Gasteiger partial charge < -0.3 is 0 Å². The predicted molar refractivity (Wildman–Crippen MR) is 58.0 cm³/mol. The highest BCUT2D eigenvalue weighted by Crippen LogP contribution is 2.45. The molecule has 0 radical (unpaired) electrons. The fraction of sp³-hybridized carbons (Fsp3) is 0. The van der Waals surface area contributed by atoms with E-state index in [-0.39, 0.29) is 0 Å². The van der Waals surface area contributed by atoms with E-state index in [1.54, 1.807) is 12.4 Å². The van der Waals surface area contributed by atoms with E-state index in [2.05, 4.69) is 33.9 Å². The second-order valence-corrected chi connectivity index (χ2v) is 3.69. The van der Waals surface area contributed by atoms with E-state index in [4.69, 9.17) is 0 Å². The van der Waals surface area contributed by atoms with Gasteiger partial charge in [-0.2, -0.15) is 0 Å². The minimum absolute atomic E-state index is 0.966. The van der Waals surface area contributed by atoms with Crippen LogP contribution in [0.2, 0.25) is 0 Å². The van der Waals surface area contributed by atoms with Crippen LogP contribution in [0.1, 0.15) is 16.8 Å². The van der Waals surface area contributed by atoms with Crippen molar-refractivity contribution in [3.05, 3.63) is 53.1 Å². The van der Waals surface area contributed by atoms with Crippen molar-refractivity contribution < 1.29 is 0 Å². The van der Waals surface area contributed by atoms with Crippen LogP contribution < -0.4 is 0 Å².